The lowest BCUT2D eigenvalue weighted by Gasteiger charge is -2.25. The number of aromatic nitrogens is 1. The maximum atomic E-state index is 12.8. The molecule has 1 aromatic rings. The van der Waals surface area contributed by atoms with Crippen molar-refractivity contribution in [2.24, 2.45) is 0 Å². The molecule has 2 nitrogen and oxygen atoms in total. The lowest BCUT2D eigenvalue weighted by Crippen LogP contribution is -2.29. The second-order valence-electron chi connectivity index (χ2n) is 4.73. The van der Waals surface area contributed by atoms with Gasteiger partial charge in [0.25, 0.3) is 0 Å². The maximum Gasteiger partial charge on any atom is 0.433 e. The van der Waals surface area contributed by atoms with Gasteiger partial charge < -0.3 is 4.90 Å². The molecule has 116 valence electrons. The molecule has 0 spiro atoms. The second kappa shape index (κ2) is 5.23. The van der Waals surface area contributed by atoms with Crippen molar-refractivity contribution in [3.8, 4) is 0 Å². The molecule has 0 aliphatic carbocycles. The van der Waals surface area contributed by atoms with Gasteiger partial charge in [0.2, 0.25) is 0 Å². The topological polar surface area (TPSA) is 16.1 Å². The Morgan fingerprint density at radius 2 is 1.81 bits per heavy atom. The van der Waals surface area contributed by atoms with Crippen molar-refractivity contribution < 1.29 is 26.3 Å². The molecule has 0 aromatic carbocycles. The Bertz CT molecular complexity index is 502. The third kappa shape index (κ3) is 3.30. The summed E-state index contributed by atoms with van der Waals surface area (Å²) in [5.41, 5.74) is -2.89. The third-order valence-electron chi connectivity index (χ3n) is 3.30. The van der Waals surface area contributed by atoms with Crippen LogP contribution >= 0.6 is 0 Å². The highest BCUT2D eigenvalue weighted by atomic mass is 19.4. The average molecular weight is 310 g/mol. The fourth-order valence-electron chi connectivity index (χ4n) is 2.29. The number of alkyl halides is 6. The molecule has 1 saturated heterocycles. The van der Waals surface area contributed by atoms with Gasteiger partial charge in [0.05, 0.1) is 5.56 Å². The van der Waals surface area contributed by atoms with Crippen molar-refractivity contribution in [3.05, 3.63) is 36.0 Å². The Kier molecular flexibility index (Phi) is 3.90. The van der Waals surface area contributed by atoms with E-state index in [2.05, 4.69) is 11.6 Å². The minimum Gasteiger partial charge on any atom is -0.350 e. The van der Waals surface area contributed by atoms with Gasteiger partial charge in [-0.15, -0.1) is 6.58 Å². The molecule has 1 atom stereocenters. The van der Waals surface area contributed by atoms with Crippen LogP contribution in [-0.4, -0.2) is 17.6 Å². The normalized spacial score (nSPS) is 19.9. The molecule has 0 N–H and O–H groups in total. The second-order valence-corrected chi connectivity index (χ2v) is 4.73. The number of hydrogen-bond donors (Lipinski definition) is 0. The van der Waals surface area contributed by atoms with E-state index in [4.69, 9.17) is 0 Å². The van der Waals surface area contributed by atoms with Crippen LogP contribution in [0.2, 0.25) is 0 Å². The predicted octanol–water partition coefficient (Wildman–Crippen LogP) is 4.27. The molecule has 2 rings (SSSR count). The van der Waals surface area contributed by atoms with E-state index in [0.717, 1.165) is 0 Å². The van der Waals surface area contributed by atoms with E-state index in [9.17, 15) is 26.3 Å². The number of pyridine rings is 1. The van der Waals surface area contributed by atoms with Gasteiger partial charge in [0.1, 0.15) is 11.5 Å². The first-order valence-electron chi connectivity index (χ1n) is 6.18. The molecule has 1 aliphatic heterocycles. The molecule has 0 bridgehead atoms. The third-order valence-corrected chi connectivity index (χ3v) is 3.30. The maximum absolute atomic E-state index is 12.8. The lowest BCUT2D eigenvalue weighted by atomic mass is 10.2. The summed E-state index contributed by atoms with van der Waals surface area (Å²) >= 11 is 0. The van der Waals surface area contributed by atoms with Gasteiger partial charge in [0, 0.05) is 12.6 Å². The van der Waals surface area contributed by atoms with Gasteiger partial charge in [-0.1, -0.05) is 6.08 Å². The highest BCUT2D eigenvalue weighted by molar-refractivity contribution is 5.47. The van der Waals surface area contributed by atoms with Gasteiger partial charge in [-0.05, 0) is 25.0 Å². The molecule has 1 aliphatic rings. The molecule has 0 saturated carbocycles. The Morgan fingerprint density at radius 1 is 1.14 bits per heavy atom. The summed E-state index contributed by atoms with van der Waals surface area (Å²) in [5, 5.41) is 0. The van der Waals surface area contributed by atoms with Crippen LogP contribution in [0, 0.1) is 0 Å². The number of anilines is 1. The number of nitrogens with zero attached hydrogens (tertiary/aromatic N) is 2. The Morgan fingerprint density at radius 3 is 2.33 bits per heavy atom. The zero-order valence-corrected chi connectivity index (χ0v) is 10.8. The molecule has 8 heteroatoms. The van der Waals surface area contributed by atoms with Gasteiger partial charge in [0.15, 0.2) is 0 Å². The van der Waals surface area contributed by atoms with Gasteiger partial charge in [-0.25, -0.2) is 4.98 Å². The Labute approximate surface area is 117 Å². The van der Waals surface area contributed by atoms with E-state index in [1.165, 1.54) is 11.0 Å². The fraction of sp³-hybridized carbons (Fsp3) is 0.462. The molecule has 0 radical (unpaired) electrons. The summed E-state index contributed by atoms with van der Waals surface area (Å²) < 4.78 is 76.5. The van der Waals surface area contributed by atoms with E-state index in [0.29, 0.717) is 25.5 Å². The first-order valence-corrected chi connectivity index (χ1v) is 6.18. The molecule has 1 fully saturated rings. The first-order chi connectivity index (χ1) is 9.63. The van der Waals surface area contributed by atoms with E-state index >= 15 is 0 Å². The molecule has 21 heavy (non-hydrogen) atoms. The summed E-state index contributed by atoms with van der Waals surface area (Å²) in [6.45, 7) is 3.90. The standard InChI is InChI=1S/C13H12F6N2/c1-2-9-4-3-5-21(9)11-7-8(12(14,15)16)6-10(20-11)13(17,18)19/h2,6-7,9H,1,3-5H2. The van der Waals surface area contributed by atoms with Crippen molar-refractivity contribution in [1.29, 1.82) is 0 Å². The highest BCUT2D eigenvalue weighted by Crippen LogP contribution is 2.37. The van der Waals surface area contributed by atoms with Crippen LogP contribution in [0.15, 0.2) is 24.8 Å². The van der Waals surface area contributed by atoms with E-state index < -0.39 is 23.6 Å². The number of halogens is 6. The molecule has 2 heterocycles. The molecular weight excluding hydrogens is 298 g/mol. The smallest absolute Gasteiger partial charge is 0.350 e. The quantitative estimate of drug-likeness (QED) is 0.599. The van der Waals surface area contributed by atoms with Crippen LogP contribution in [0.5, 0.6) is 0 Å². The van der Waals surface area contributed by atoms with E-state index in [-0.39, 0.29) is 17.9 Å². The van der Waals surface area contributed by atoms with Gasteiger partial charge in [-0.3, -0.25) is 0 Å². The lowest BCUT2D eigenvalue weighted by molar-refractivity contribution is -0.145. The van der Waals surface area contributed by atoms with E-state index in [1.807, 2.05) is 0 Å². The molecule has 0 amide bonds. The van der Waals surface area contributed by atoms with Crippen molar-refractivity contribution >= 4 is 5.82 Å². The van der Waals surface area contributed by atoms with Crippen molar-refractivity contribution in [2.75, 3.05) is 11.4 Å². The van der Waals surface area contributed by atoms with Crippen LogP contribution in [-0.2, 0) is 12.4 Å². The fourth-order valence-corrected chi connectivity index (χ4v) is 2.29. The van der Waals surface area contributed by atoms with Gasteiger partial charge >= 0.3 is 12.4 Å². The molecule has 1 unspecified atom stereocenters. The Balaban J connectivity index is 2.52. The molecular formula is C13H12F6N2. The SMILES string of the molecule is C=CC1CCCN1c1cc(C(F)(F)F)cc(C(F)(F)F)n1. The van der Waals surface area contributed by atoms with Gasteiger partial charge in [-0.2, -0.15) is 26.3 Å². The van der Waals surface area contributed by atoms with Crippen LogP contribution in [0.3, 0.4) is 0 Å². The van der Waals surface area contributed by atoms with Crippen molar-refractivity contribution in [1.82, 2.24) is 4.98 Å². The number of hydrogen-bond acceptors (Lipinski definition) is 2. The summed E-state index contributed by atoms with van der Waals surface area (Å²) in [4.78, 5) is 4.77. The highest BCUT2D eigenvalue weighted by Gasteiger charge is 2.39. The van der Waals surface area contributed by atoms with Crippen LogP contribution in [0.25, 0.3) is 0 Å². The summed E-state index contributed by atoms with van der Waals surface area (Å²) in [6.07, 6.45) is -7.00. The largest absolute Gasteiger partial charge is 0.433 e. The summed E-state index contributed by atoms with van der Waals surface area (Å²) in [5.74, 6) is -0.320. The minimum atomic E-state index is -4.93. The van der Waals surface area contributed by atoms with E-state index in [1.54, 1.807) is 0 Å². The van der Waals surface area contributed by atoms with Crippen LogP contribution < -0.4 is 4.90 Å². The Hall–Kier alpha value is -1.73. The van der Waals surface area contributed by atoms with Crippen molar-refractivity contribution in [2.45, 2.75) is 31.2 Å². The predicted molar refractivity (Wildman–Crippen MR) is 64.8 cm³/mol. The zero-order chi connectivity index (χ0) is 15.8. The van der Waals surface area contributed by atoms with Crippen LogP contribution in [0.4, 0.5) is 32.2 Å². The zero-order valence-electron chi connectivity index (χ0n) is 10.8. The number of rotatable bonds is 2. The average Bonchev–Trinajstić information content (AvgIpc) is 2.84. The van der Waals surface area contributed by atoms with Crippen molar-refractivity contribution in [3.63, 3.8) is 0 Å². The molecule has 1 aromatic heterocycles. The minimum absolute atomic E-state index is 0.0302. The monoisotopic (exact) mass is 310 g/mol. The van der Waals surface area contributed by atoms with Crippen LogP contribution in [0.1, 0.15) is 24.1 Å². The summed E-state index contributed by atoms with van der Waals surface area (Å²) in [7, 11) is 0. The first kappa shape index (κ1) is 15.7. The summed E-state index contributed by atoms with van der Waals surface area (Å²) in [6, 6.07) is 0.376.